The number of rotatable bonds is 3. The first-order valence-corrected chi connectivity index (χ1v) is 5.99. The zero-order valence-electron chi connectivity index (χ0n) is 9.46. The summed E-state index contributed by atoms with van der Waals surface area (Å²) in [4.78, 5) is 11.2. The van der Waals surface area contributed by atoms with Crippen molar-refractivity contribution in [1.82, 2.24) is 0 Å². The second-order valence-electron chi connectivity index (χ2n) is 4.53. The lowest BCUT2D eigenvalue weighted by Crippen LogP contribution is -2.33. The van der Waals surface area contributed by atoms with Gasteiger partial charge >= 0.3 is 5.97 Å². The zero-order chi connectivity index (χ0) is 11.4. The molecule has 3 atom stereocenters. The molecule has 1 aliphatic rings. The predicted molar refractivity (Wildman–Crippen MR) is 61.9 cm³/mol. The molecule has 0 radical (unpaired) electrons. The van der Waals surface area contributed by atoms with Gasteiger partial charge in [-0.15, -0.1) is 11.6 Å². The molecule has 0 spiro atoms. The lowest BCUT2D eigenvalue weighted by atomic mass is 9.78. The Hall–Kier alpha value is -0.500. The third kappa shape index (κ3) is 3.53. The number of esters is 1. The Kier molecular flexibility index (Phi) is 4.65. The highest BCUT2D eigenvalue weighted by Gasteiger charge is 2.31. The van der Waals surface area contributed by atoms with Crippen LogP contribution in [-0.2, 0) is 9.53 Å². The van der Waals surface area contributed by atoms with Crippen LogP contribution in [-0.4, -0.2) is 18.0 Å². The number of hydrogen-bond acceptors (Lipinski definition) is 2. The molecule has 1 aliphatic carbocycles. The van der Waals surface area contributed by atoms with Gasteiger partial charge in [0.2, 0.25) is 0 Å². The Morgan fingerprint density at radius 3 is 2.73 bits per heavy atom. The molecule has 0 amide bonds. The predicted octanol–water partition coefficient (Wildman–Crippen LogP) is 3.15. The molecule has 1 rings (SSSR count). The number of carbonyl (C=O) groups is 1. The highest BCUT2D eigenvalue weighted by Crippen LogP contribution is 2.34. The van der Waals surface area contributed by atoms with Crippen LogP contribution in [0.15, 0.2) is 12.2 Å². The molecule has 0 N–H and O–H groups in total. The molecule has 0 aromatic heterocycles. The van der Waals surface area contributed by atoms with Crippen LogP contribution in [0.3, 0.4) is 0 Å². The van der Waals surface area contributed by atoms with Crippen molar-refractivity contribution in [2.45, 2.75) is 39.2 Å². The van der Waals surface area contributed by atoms with E-state index >= 15 is 0 Å². The van der Waals surface area contributed by atoms with Crippen LogP contribution >= 0.6 is 11.6 Å². The number of carbonyl (C=O) groups excluding carboxylic acids is 1. The molecule has 0 saturated heterocycles. The maximum absolute atomic E-state index is 11.2. The molecule has 0 aliphatic heterocycles. The van der Waals surface area contributed by atoms with Crippen molar-refractivity contribution in [1.29, 1.82) is 0 Å². The minimum absolute atomic E-state index is 0.0162. The fourth-order valence-electron chi connectivity index (χ4n) is 2.22. The van der Waals surface area contributed by atoms with Crippen molar-refractivity contribution in [3.8, 4) is 0 Å². The topological polar surface area (TPSA) is 26.3 Å². The third-order valence-corrected chi connectivity index (χ3v) is 3.30. The van der Waals surface area contributed by atoms with Gasteiger partial charge in [0, 0.05) is 5.92 Å². The summed E-state index contributed by atoms with van der Waals surface area (Å²) in [5.74, 6) is 0.553. The Morgan fingerprint density at radius 1 is 1.53 bits per heavy atom. The highest BCUT2D eigenvalue weighted by molar-refractivity contribution is 6.26. The molecular formula is C12H19ClO2. The van der Waals surface area contributed by atoms with Crippen LogP contribution in [0, 0.1) is 11.8 Å². The van der Waals surface area contributed by atoms with Crippen LogP contribution < -0.4 is 0 Å². The van der Waals surface area contributed by atoms with Gasteiger partial charge in [0.15, 0.2) is 0 Å². The van der Waals surface area contributed by atoms with Gasteiger partial charge in [-0.2, -0.15) is 0 Å². The Labute approximate surface area is 96.6 Å². The minimum Gasteiger partial charge on any atom is -0.461 e. The molecule has 1 fully saturated rings. The fraction of sp³-hybridized carbons (Fsp3) is 0.750. The lowest BCUT2D eigenvalue weighted by Gasteiger charge is -2.34. The van der Waals surface area contributed by atoms with Gasteiger partial charge in [0.1, 0.15) is 12.0 Å². The summed E-state index contributed by atoms with van der Waals surface area (Å²) in [6.07, 6.45) is 3.17. The van der Waals surface area contributed by atoms with Crippen LogP contribution in [0.25, 0.3) is 0 Å². The summed E-state index contributed by atoms with van der Waals surface area (Å²) in [5, 5.41) is 0. The average molecular weight is 231 g/mol. The number of alkyl halides is 1. The van der Waals surface area contributed by atoms with E-state index in [1.807, 2.05) is 6.92 Å². The second kappa shape index (κ2) is 5.55. The minimum atomic E-state index is -0.318. The lowest BCUT2D eigenvalue weighted by molar-refractivity contribution is -0.150. The zero-order valence-corrected chi connectivity index (χ0v) is 10.2. The summed E-state index contributed by atoms with van der Waals surface area (Å²) in [6, 6.07) is 0. The highest BCUT2D eigenvalue weighted by atomic mass is 35.5. The van der Waals surface area contributed by atoms with Crippen molar-refractivity contribution in [3.63, 3.8) is 0 Å². The van der Waals surface area contributed by atoms with Gasteiger partial charge < -0.3 is 4.74 Å². The molecule has 0 aromatic carbocycles. The summed E-state index contributed by atoms with van der Waals surface area (Å²) in [6.45, 7) is 8.16. The van der Waals surface area contributed by atoms with E-state index in [-0.39, 0.29) is 18.0 Å². The maximum atomic E-state index is 11.2. The molecule has 0 aromatic rings. The summed E-state index contributed by atoms with van der Waals surface area (Å²) in [5.41, 5.74) is 1.11. The van der Waals surface area contributed by atoms with E-state index < -0.39 is 0 Å². The second-order valence-corrected chi connectivity index (χ2v) is 4.80. The number of ether oxygens (including phenoxy) is 1. The van der Waals surface area contributed by atoms with E-state index in [1.54, 1.807) is 0 Å². The standard InChI is InChI=1S/C12H19ClO2/c1-8(2)10-5-4-9(3)6-11(10)15-12(14)7-13/h9-11H,1,4-7H2,2-3H3. The van der Waals surface area contributed by atoms with E-state index in [0.717, 1.165) is 18.4 Å². The van der Waals surface area contributed by atoms with Crippen molar-refractivity contribution in [2.75, 3.05) is 5.88 Å². The molecule has 86 valence electrons. The van der Waals surface area contributed by atoms with Crippen LogP contribution in [0.5, 0.6) is 0 Å². The van der Waals surface area contributed by atoms with Gasteiger partial charge in [-0.3, -0.25) is 4.79 Å². The maximum Gasteiger partial charge on any atom is 0.321 e. The Balaban J connectivity index is 2.61. The van der Waals surface area contributed by atoms with E-state index in [9.17, 15) is 4.79 Å². The fourth-order valence-corrected chi connectivity index (χ4v) is 2.29. The Morgan fingerprint density at radius 2 is 2.20 bits per heavy atom. The number of halogens is 1. The third-order valence-electron chi connectivity index (χ3n) is 3.08. The monoisotopic (exact) mass is 230 g/mol. The van der Waals surface area contributed by atoms with Gasteiger partial charge in [-0.1, -0.05) is 19.1 Å². The molecule has 1 saturated carbocycles. The quantitative estimate of drug-likeness (QED) is 0.423. The van der Waals surface area contributed by atoms with Crippen LogP contribution in [0.2, 0.25) is 0 Å². The SMILES string of the molecule is C=C(C)C1CCC(C)CC1OC(=O)CCl. The first kappa shape index (κ1) is 12.6. The molecule has 15 heavy (non-hydrogen) atoms. The molecule has 3 unspecified atom stereocenters. The molecule has 3 heteroatoms. The summed E-state index contributed by atoms with van der Waals surface area (Å²) >= 11 is 5.44. The van der Waals surface area contributed by atoms with Gasteiger partial charge in [0.25, 0.3) is 0 Å². The molecule has 2 nitrogen and oxygen atoms in total. The van der Waals surface area contributed by atoms with Gasteiger partial charge in [-0.05, 0) is 32.1 Å². The first-order chi connectivity index (χ1) is 7.04. The van der Waals surface area contributed by atoms with E-state index in [2.05, 4.69) is 13.5 Å². The molecule has 0 bridgehead atoms. The van der Waals surface area contributed by atoms with E-state index in [1.165, 1.54) is 6.42 Å². The summed E-state index contributed by atoms with van der Waals surface area (Å²) in [7, 11) is 0. The summed E-state index contributed by atoms with van der Waals surface area (Å²) < 4.78 is 5.35. The normalized spacial score (nSPS) is 31.0. The number of hydrogen-bond donors (Lipinski definition) is 0. The van der Waals surface area contributed by atoms with Gasteiger partial charge in [0.05, 0.1) is 0 Å². The average Bonchev–Trinajstić information content (AvgIpc) is 2.17. The van der Waals surface area contributed by atoms with Crippen LogP contribution in [0.1, 0.15) is 33.1 Å². The van der Waals surface area contributed by atoms with Crippen molar-refractivity contribution in [3.05, 3.63) is 12.2 Å². The van der Waals surface area contributed by atoms with E-state index in [4.69, 9.17) is 16.3 Å². The largest absolute Gasteiger partial charge is 0.461 e. The van der Waals surface area contributed by atoms with Gasteiger partial charge in [-0.25, -0.2) is 0 Å². The van der Waals surface area contributed by atoms with Crippen LogP contribution in [0.4, 0.5) is 0 Å². The van der Waals surface area contributed by atoms with Crippen molar-refractivity contribution >= 4 is 17.6 Å². The smallest absolute Gasteiger partial charge is 0.321 e. The molecular weight excluding hydrogens is 212 g/mol. The Bertz CT molecular complexity index is 250. The first-order valence-electron chi connectivity index (χ1n) is 5.45. The van der Waals surface area contributed by atoms with Crippen molar-refractivity contribution in [2.24, 2.45) is 11.8 Å². The van der Waals surface area contributed by atoms with E-state index in [0.29, 0.717) is 11.8 Å². The van der Waals surface area contributed by atoms with Crippen molar-refractivity contribution < 1.29 is 9.53 Å². The molecule has 0 heterocycles.